The standard InChI is InChI=1S/C14H12N2O3S/c17-11-1-2-12-3-5-14(6-4-12)20(18,19)16-13-7-9-15-10-8-13/h3-10,17H,11H2,(H,15,16). The summed E-state index contributed by atoms with van der Waals surface area (Å²) in [5, 5.41) is 8.59. The zero-order valence-corrected chi connectivity index (χ0v) is 11.3. The van der Waals surface area contributed by atoms with Gasteiger partial charge in [-0.05, 0) is 36.4 Å². The van der Waals surface area contributed by atoms with Crippen LogP contribution in [0.15, 0.2) is 53.7 Å². The highest BCUT2D eigenvalue weighted by Gasteiger charge is 2.13. The van der Waals surface area contributed by atoms with Gasteiger partial charge in [-0.25, -0.2) is 8.42 Å². The molecule has 0 amide bonds. The smallest absolute Gasteiger partial charge is 0.261 e. The van der Waals surface area contributed by atoms with Crippen LogP contribution < -0.4 is 4.72 Å². The predicted molar refractivity (Wildman–Crippen MR) is 75.5 cm³/mol. The number of anilines is 1. The minimum absolute atomic E-state index is 0.142. The molecule has 102 valence electrons. The van der Waals surface area contributed by atoms with E-state index in [0.717, 1.165) is 0 Å². The van der Waals surface area contributed by atoms with E-state index in [0.29, 0.717) is 11.3 Å². The van der Waals surface area contributed by atoms with Gasteiger partial charge in [0.25, 0.3) is 10.0 Å². The third kappa shape index (κ3) is 3.57. The molecule has 0 fully saturated rings. The molecule has 2 aromatic rings. The molecule has 0 saturated heterocycles. The number of pyridine rings is 1. The first-order valence-corrected chi connectivity index (χ1v) is 7.23. The van der Waals surface area contributed by atoms with Crippen LogP contribution in [0, 0.1) is 11.8 Å². The van der Waals surface area contributed by atoms with Gasteiger partial charge in [0.2, 0.25) is 0 Å². The van der Waals surface area contributed by atoms with Gasteiger partial charge in [-0.1, -0.05) is 11.8 Å². The van der Waals surface area contributed by atoms with Crippen molar-refractivity contribution in [3.63, 3.8) is 0 Å². The van der Waals surface area contributed by atoms with Crippen molar-refractivity contribution in [2.45, 2.75) is 4.90 Å². The molecule has 1 aromatic heterocycles. The van der Waals surface area contributed by atoms with Crippen LogP contribution in [0.1, 0.15) is 5.56 Å². The third-order valence-electron chi connectivity index (χ3n) is 2.41. The number of rotatable bonds is 3. The average Bonchev–Trinajstić information content (AvgIpc) is 2.46. The van der Waals surface area contributed by atoms with E-state index in [1.165, 1.54) is 24.5 Å². The molecule has 0 spiro atoms. The minimum Gasteiger partial charge on any atom is -0.384 e. The molecule has 0 atom stereocenters. The van der Waals surface area contributed by atoms with E-state index in [4.69, 9.17) is 5.11 Å². The molecule has 0 aliphatic rings. The lowest BCUT2D eigenvalue weighted by atomic mass is 10.2. The summed E-state index contributed by atoms with van der Waals surface area (Å²) in [6.45, 7) is -0.232. The Morgan fingerprint density at radius 3 is 2.35 bits per heavy atom. The highest BCUT2D eigenvalue weighted by atomic mass is 32.2. The van der Waals surface area contributed by atoms with Gasteiger partial charge in [-0.2, -0.15) is 0 Å². The molecule has 5 nitrogen and oxygen atoms in total. The van der Waals surface area contributed by atoms with Crippen molar-refractivity contribution in [3.8, 4) is 11.8 Å². The van der Waals surface area contributed by atoms with Crippen molar-refractivity contribution >= 4 is 15.7 Å². The number of benzene rings is 1. The van der Waals surface area contributed by atoms with Gasteiger partial charge in [0.15, 0.2) is 0 Å². The number of nitrogens with zero attached hydrogens (tertiary/aromatic N) is 1. The largest absolute Gasteiger partial charge is 0.384 e. The number of aromatic nitrogens is 1. The van der Waals surface area contributed by atoms with Crippen molar-refractivity contribution in [1.82, 2.24) is 4.98 Å². The summed E-state index contributed by atoms with van der Waals surface area (Å²) in [5.41, 5.74) is 1.09. The Bertz CT molecular complexity index is 729. The second-order valence-corrected chi connectivity index (χ2v) is 5.51. The summed E-state index contributed by atoms with van der Waals surface area (Å²) >= 11 is 0. The summed E-state index contributed by atoms with van der Waals surface area (Å²) in [6, 6.07) is 9.24. The highest BCUT2D eigenvalue weighted by Crippen LogP contribution is 2.15. The summed E-state index contributed by atoms with van der Waals surface area (Å²) < 4.78 is 26.7. The topological polar surface area (TPSA) is 79.3 Å². The van der Waals surface area contributed by atoms with Gasteiger partial charge in [-0.15, -0.1) is 0 Å². The van der Waals surface area contributed by atoms with Crippen molar-refractivity contribution in [3.05, 3.63) is 54.4 Å². The Hall–Kier alpha value is -2.36. The molecule has 20 heavy (non-hydrogen) atoms. The lowest BCUT2D eigenvalue weighted by molar-refractivity contribution is 0.350. The van der Waals surface area contributed by atoms with E-state index in [9.17, 15) is 8.42 Å². The zero-order valence-electron chi connectivity index (χ0n) is 10.4. The first kappa shape index (κ1) is 14.1. The Labute approximate surface area is 117 Å². The minimum atomic E-state index is -3.63. The van der Waals surface area contributed by atoms with Gasteiger partial charge < -0.3 is 5.11 Å². The van der Waals surface area contributed by atoms with Crippen LogP contribution in [0.5, 0.6) is 0 Å². The molecular weight excluding hydrogens is 276 g/mol. The average molecular weight is 288 g/mol. The SMILES string of the molecule is O=S(=O)(Nc1ccncc1)c1ccc(C#CCO)cc1. The number of nitrogens with one attached hydrogen (secondary N) is 1. The van der Waals surface area contributed by atoms with Gasteiger partial charge in [-0.3, -0.25) is 9.71 Å². The van der Waals surface area contributed by atoms with E-state index in [1.807, 2.05) is 0 Å². The van der Waals surface area contributed by atoms with Crippen LogP contribution in [-0.2, 0) is 10.0 Å². The van der Waals surface area contributed by atoms with Crippen molar-refractivity contribution in [1.29, 1.82) is 0 Å². The fourth-order valence-corrected chi connectivity index (χ4v) is 2.55. The summed E-state index contributed by atoms with van der Waals surface area (Å²) in [5.74, 6) is 5.20. The first-order valence-electron chi connectivity index (χ1n) is 5.74. The Balaban J connectivity index is 2.22. The molecule has 0 saturated carbocycles. The molecule has 0 unspecified atom stereocenters. The van der Waals surface area contributed by atoms with E-state index >= 15 is 0 Å². The molecule has 1 aromatic carbocycles. The molecule has 0 bridgehead atoms. The Morgan fingerprint density at radius 2 is 1.75 bits per heavy atom. The fraction of sp³-hybridized carbons (Fsp3) is 0.0714. The number of sulfonamides is 1. The van der Waals surface area contributed by atoms with E-state index < -0.39 is 10.0 Å². The second kappa shape index (κ2) is 6.19. The van der Waals surface area contributed by atoms with Crippen LogP contribution in [0.4, 0.5) is 5.69 Å². The molecule has 0 aliphatic heterocycles. The lowest BCUT2D eigenvalue weighted by Crippen LogP contribution is -2.12. The normalized spacial score (nSPS) is 10.4. The maximum atomic E-state index is 12.1. The van der Waals surface area contributed by atoms with E-state index in [2.05, 4.69) is 21.5 Å². The molecular formula is C14H12N2O3S. The molecule has 0 radical (unpaired) electrons. The maximum absolute atomic E-state index is 12.1. The maximum Gasteiger partial charge on any atom is 0.261 e. The zero-order chi connectivity index (χ0) is 14.4. The highest BCUT2D eigenvalue weighted by molar-refractivity contribution is 7.92. The van der Waals surface area contributed by atoms with Crippen LogP contribution in [-0.4, -0.2) is 25.1 Å². The van der Waals surface area contributed by atoms with Crippen LogP contribution in [0.25, 0.3) is 0 Å². The Kier molecular flexibility index (Phi) is 4.35. The lowest BCUT2D eigenvalue weighted by Gasteiger charge is -2.07. The van der Waals surface area contributed by atoms with Crippen LogP contribution in [0.3, 0.4) is 0 Å². The summed E-state index contributed by atoms with van der Waals surface area (Å²) in [6.07, 6.45) is 3.01. The van der Waals surface area contributed by atoms with Crippen molar-refractivity contribution in [2.24, 2.45) is 0 Å². The van der Waals surface area contributed by atoms with E-state index in [-0.39, 0.29) is 11.5 Å². The summed E-state index contributed by atoms with van der Waals surface area (Å²) in [4.78, 5) is 3.96. The third-order valence-corrected chi connectivity index (χ3v) is 3.81. The quantitative estimate of drug-likeness (QED) is 0.832. The van der Waals surface area contributed by atoms with E-state index in [1.54, 1.807) is 24.3 Å². The second-order valence-electron chi connectivity index (χ2n) is 3.83. The number of hydrogen-bond donors (Lipinski definition) is 2. The number of aliphatic hydroxyl groups excluding tert-OH is 1. The molecule has 0 aliphatic carbocycles. The number of hydrogen-bond acceptors (Lipinski definition) is 4. The molecule has 2 N–H and O–H groups in total. The van der Waals surface area contributed by atoms with Gasteiger partial charge in [0.05, 0.1) is 10.6 Å². The number of aliphatic hydroxyl groups is 1. The fourth-order valence-electron chi connectivity index (χ4n) is 1.49. The first-order chi connectivity index (χ1) is 9.62. The Morgan fingerprint density at radius 1 is 1.10 bits per heavy atom. The molecule has 2 rings (SSSR count). The van der Waals surface area contributed by atoms with Gasteiger partial charge in [0, 0.05) is 18.0 Å². The van der Waals surface area contributed by atoms with Gasteiger partial charge >= 0.3 is 0 Å². The van der Waals surface area contributed by atoms with Crippen molar-refractivity contribution in [2.75, 3.05) is 11.3 Å². The van der Waals surface area contributed by atoms with Crippen LogP contribution >= 0.6 is 0 Å². The van der Waals surface area contributed by atoms with Crippen LogP contribution in [0.2, 0.25) is 0 Å². The predicted octanol–water partition coefficient (Wildman–Crippen LogP) is 1.23. The summed E-state index contributed by atoms with van der Waals surface area (Å²) in [7, 11) is -3.63. The van der Waals surface area contributed by atoms with Gasteiger partial charge in [0.1, 0.15) is 6.61 Å². The monoisotopic (exact) mass is 288 g/mol. The van der Waals surface area contributed by atoms with Crippen molar-refractivity contribution < 1.29 is 13.5 Å². The molecule has 1 heterocycles. The molecule has 6 heteroatoms.